The quantitative estimate of drug-likeness (QED) is 0.805. The highest BCUT2D eigenvalue weighted by atomic mass is 16.5. The van der Waals surface area contributed by atoms with Crippen LogP contribution in [0.1, 0.15) is 23.4 Å². The number of hydrogen-bond acceptors (Lipinski definition) is 5. The minimum absolute atomic E-state index is 0.189. The summed E-state index contributed by atoms with van der Waals surface area (Å²) in [6.45, 7) is 0.546. The molecule has 8 nitrogen and oxygen atoms in total. The molecule has 1 saturated heterocycles. The molecule has 2 heterocycles. The second-order valence-electron chi connectivity index (χ2n) is 6.27. The summed E-state index contributed by atoms with van der Waals surface area (Å²) in [5, 5.41) is 11.8. The Bertz CT molecular complexity index is 817. The fourth-order valence-electron chi connectivity index (χ4n) is 2.91. The van der Waals surface area contributed by atoms with E-state index in [1.54, 1.807) is 36.4 Å². The van der Waals surface area contributed by atoms with Gasteiger partial charge in [-0.25, -0.2) is 0 Å². The third-order valence-corrected chi connectivity index (χ3v) is 4.32. The van der Waals surface area contributed by atoms with Gasteiger partial charge in [0.25, 0.3) is 11.8 Å². The highest BCUT2D eigenvalue weighted by Gasteiger charge is 2.28. The second kappa shape index (κ2) is 8.39. The van der Waals surface area contributed by atoms with E-state index < -0.39 is 11.9 Å². The third-order valence-electron chi connectivity index (χ3n) is 4.32. The fraction of sp³-hybridized carbons (Fsp3) is 0.316. The SMILES string of the molecule is O=C(Nc1cccc(OCC(=O)N2CCCC(C(=O)O)C2)c1)c1ccco1. The van der Waals surface area contributed by atoms with Crippen molar-refractivity contribution in [2.24, 2.45) is 5.92 Å². The third kappa shape index (κ3) is 4.87. The fourth-order valence-corrected chi connectivity index (χ4v) is 2.91. The maximum atomic E-state index is 12.3. The number of carbonyl (C=O) groups excluding carboxylic acids is 2. The molecular weight excluding hydrogens is 352 g/mol. The van der Waals surface area contributed by atoms with Gasteiger partial charge in [0.2, 0.25) is 0 Å². The van der Waals surface area contributed by atoms with Gasteiger partial charge < -0.3 is 24.5 Å². The number of carboxylic acids is 1. The number of nitrogens with one attached hydrogen (secondary N) is 1. The topological polar surface area (TPSA) is 109 Å². The van der Waals surface area contributed by atoms with Gasteiger partial charge in [-0.3, -0.25) is 14.4 Å². The Kier molecular flexibility index (Phi) is 5.75. The summed E-state index contributed by atoms with van der Waals surface area (Å²) >= 11 is 0. The number of hydrogen-bond donors (Lipinski definition) is 2. The second-order valence-corrected chi connectivity index (χ2v) is 6.27. The molecule has 3 rings (SSSR count). The Morgan fingerprint density at radius 2 is 2.11 bits per heavy atom. The van der Waals surface area contributed by atoms with Crippen LogP contribution in [-0.4, -0.2) is 47.5 Å². The van der Waals surface area contributed by atoms with Crippen LogP contribution in [0.4, 0.5) is 5.69 Å². The molecule has 0 aliphatic carbocycles. The molecule has 1 atom stereocenters. The van der Waals surface area contributed by atoms with Crippen molar-refractivity contribution in [3.05, 3.63) is 48.4 Å². The van der Waals surface area contributed by atoms with E-state index in [9.17, 15) is 14.4 Å². The summed E-state index contributed by atoms with van der Waals surface area (Å²) in [6.07, 6.45) is 2.66. The lowest BCUT2D eigenvalue weighted by Gasteiger charge is -2.30. The van der Waals surface area contributed by atoms with Crippen molar-refractivity contribution in [1.82, 2.24) is 4.90 Å². The van der Waals surface area contributed by atoms with Gasteiger partial charge in [0.1, 0.15) is 5.75 Å². The van der Waals surface area contributed by atoms with Gasteiger partial charge in [-0.2, -0.15) is 0 Å². The van der Waals surface area contributed by atoms with Gasteiger partial charge in [0, 0.05) is 24.8 Å². The molecule has 1 aliphatic heterocycles. The molecule has 0 bridgehead atoms. The standard InChI is InChI=1S/C19H20N2O6/c22-17(21-8-2-4-13(11-21)19(24)25)12-27-15-6-1-5-14(10-15)20-18(23)16-7-3-9-26-16/h1,3,5-7,9-10,13H,2,4,8,11-12H2,(H,20,23)(H,24,25). The number of piperidine rings is 1. The summed E-state index contributed by atoms with van der Waals surface area (Å²) in [5.41, 5.74) is 0.505. The molecular formula is C19H20N2O6. The summed E-state index contributed by atoms with van der Waals surface area (Å²) in [6, 6.07) is 9.83. The van der Waals surface area contributed by atoms with Crippen molar-refractivity contribution in [1.29, 1.82) is 0 Å². The van der Waals surface area contributed by atoms with Gasteiger partial charge in [-0.15, -0.1) is 0 Å². The van der Waals surface area contributed by atoms with Crippen LogP contribution in [0.3, 0.4) is 0 Å². The molecule has 2 N–H and O–H groups in total. The molecule has 27 heavy (non-hydrogen) atoms. The number of carbonyl (C=O) groups is 3. The molecule has 0 radical (unpaired) electrons. The molecule has 142 valence electrons. The van der Waals surface area contributed by atoms with Gasteiger partial charge in [-0.1, -0.05) is 6.07 Å². The number of rotatable bonds is 6. The van der Waals surface area contributed by atoms with Crippen LogP contribution >= 0.6 is 0 Å². The molecule has 2 amide bonds. The number of benzene rings is 1. The minimum atomic E-state index is -0.881. The van der Waals surface area contributed by atoms with Gasteiger partial charge >= 0.3 is 5.97 Å². The van der Waals surface area contributed by atoms with Crippen molar-refractivity contribution in [2.45, 2.75) is 12.8 Å². The molecule has 1 aliphatic rings. The first-order valence-electron chi connectivity index (χ1n) is 8.61. The molecule has 2 aromatic rings. The summed E-state index contributed by atoms with van der Waals surface area (Å²) in [7, 11) is 0. The Morgan fingerprint density at radius 3 is 2.85 bits per heavy atom. The van der Waals surface area contributed by atoms with Crippen molar-refractivity contribution in [2.75, 3.05) is 25.0 Å². The van der Waals surface area contributed by atoms with Crippen molar-refractivity contribution < 1.29 is 28.6 Å². The Morgan fingerprint density at radius 1 is 1.26 bits per heavy atom. The molecule has 0 saturated carbocycles. The first-order valence-corrected chi connectivity index (χ1v) is 8.61. The molecule has 1 unspecified atom stereocenters. The van der Waals surface area contributed by atoms with E-state index in [4.69, 9.17) is 14.3 Å². The number of nitrogens with zero attached hydrogens (tertiary/aromatic N) is 1. The maximum absolute atomic E-state index is 12.3. The Hall–Kier alpha value is -3.29. The Balaban J connectivity index is 1.54. The van der Waals surface area contributed by atoms with Crippen molar-refractivity contribution in [3.63, 3.8) is 0 Å². The lowest BCUT2D eigenvalue weighted by molar-refractivity contribution is -0.146. The number of likely N-dealkylation sites (tertiary alicyclic amines) is 1. The van der Waals surface area contributed by atoms with E-state index in [1.165, 1.54) is 11.2 Å². The first-order chi connectivity index (χ1) is 13.0. The maximum Gasteiger partial charge on any atom is 0.308 e. The largest absolute Gasteiger partial charge is 0.484 e. The van der Waals surface area contributed by atoms with Crippen LogP contribution in [0.15, 0.2) is 47.1 Å². The zero-order valence-corrected chi connectivity index (χ0v) is 14.6. The summed E-state index contributed by atoms with van der Waals surface area (Å²) < 4.78 is 10.6. The smallest absolute Gasteiger partial charge is 0.308 e. The monoisotopic (exact) mass is 372 g/mol. The first kappa shape index (κ1) is 18.5. The summed E-state index contributed by atoms with van der Waals surface area (Å²) in [5.74, 6) is -1.44. The average Bonchev–Trinajstić information content (AvgIpc) is 3.21. The van der Waals surface area contributed by atoms with Crippen LogP contribution in [-0.2, 0) is 9.59 Å². The predicted molar refractivity (Wildman–Crippen MR) is 95.5 cm³/mol. The van der Waals surface area contributed by atoms with E-state index in [0.717, 1.165) is 0 Å². The van der Waals surface area contributed by atoms with E-state index in [2.05, 4.69) is 5.32 Å². The zero-order chi connectivity index (χ0) is 19.2. The highest BCUT2D eigenvalue weighted by Crippen LogP contribution is 2.20. The van der Waals surface area contributed by atoms with Crippen LogP contribution < -0.4 is 10.1 Å². The normalized spacial score (nSPS) is 16.6. The molecule has 1 fully saturated rings. The Labute approximate surface area is 155 Å². The summed E-state index contributed by atoms with van der Waals surface area (Å²) in [4.78, 5) is 36.9. The van der Waals surface area contributed by atoms with E-state index in [0.29, 0.717) is 30.8 Å². The zero-order valence-electron chi connectivity index (χ0n) is 14.6. The van der Waals surface area contributed by atoms with Crippen molar-refractivity contribution in [3.8, 4) is 5.75 Å². The van der Waals surface area contributed by atoms with Gasteiger partial charge in [0.15, 0.2) is 12.4 Å². The number of ether oxygens (including phenoxy) is 1. The number of amides is 2. The number of aliphatic carboxylic acids is 1. The number of carboxylic acid groups (broad SMARTS) is 1. The number of furan rings is 1. The van der Waals surface area contributed by atoms with E-state index >= 15 is 0 Å². The van der Waals surface area contributed by atoms with Crippen molar-refractivity contribution >= 4 is 23.5 Å². The van der Waals surface area contributed by atoms with Crippen LogP contribution in [0, 0.1) is 5.92 Å². The van der Waals surface area contributed by atoms with Gasteiger partial charge in [-0.05, 0) is 37.1 Å². The minimum Gasteiger partial charge on any atom is -0.484 e. The molecule has 8 heteroatoms. The average molecular weight is 372 g/mol. The molecule has 1 aromatic carbocycles. The van der Waals surface area contributed by atoms with Crippen LogP contribution in [0.25, 0.3) is 0 Å². The lowest BCUT2D eigenvalue weighted by Crippen LogP contribution is -2.44. The lowest BCUT2D eigenvalue weighted by atomic mass is 9.98. The molecule has 1 aromatic heterocycles. The predicted octanol–water partition coefficient (Wildman–Crippen LogP) is 2.23. The van der Waals surface area contributed by atoms with Crippen LogP contribution in [0.5, 0.6) is 5.75 Å². The van der Waals surface area contributed by atoms with E-state index in [1.807, 2.05) is 0 Å². The van der Waals surface area contributed by atoms with Crippen LogP contribution in [0.2, 0.25) is 0 Å². The molecule has 0 spiro atoms. The van der Waals surface area contributed by atoms with E-state index in [-0.39, 0.29) is 30.7 Å². The highest BCUT2D eigenvalue weighted by molar-refractivity contribution is 6.02. The number of anilines is 1. The van der Waals surface area contributed by atoms with Gasteiger partial charge in [0.05, 0.1) is 12.2 Å².